The number of anilines is 1. The van der Waals surface area contributed by atoms with Crippen LogP contribution in [0.25, 0.3) is 0 Å². The number of aromatic amines is 1. The molecule has 28 heavy (non-hydrogen) atoms. The van der Waals surface area contributed by atoms with Gasteiger partial charge >= 0.3 is 6.18 Å². The van der Waals surface area contributed by atoms with Crippen molar-refractivity contribution in [1.29, 1.82) is 0 Å². The standard InChI is InChI=1S/C16H15F3N4O4S/c17-16(18,19)12-5-6-15(20-11-12)21-7-9-22(10-8-21)28(26,27)14-4-2-1-3-13(14)23(24)25/h1-6,11H,7-10H2/p+1. The van der Waals surface area contributed by atoms with E-state index in [9.17, 15) is 31.7 Å². The SMILES string of the molecule is O=[N+]([O-])c1ccccc1S(=O)(=O)N1CCN(c2ccc(C(F)(F)F)c[nH+]2)CC1. The van der Waals surface area contributed by atoms with E-state index in [4.69, 9.17) is 0 Å². The van der Waals surface area contributed by atoms with Crippen molar-refractivity contribution in [3.8, 4) is 0 Å². The normalized spacial score (nSPS) is 16.2. The van der Waals surface area contributed by atoms with Gasteiger partial charge in [0.05, 0.1) is 36.7 Å². The fraction of sp³-hybridized carbons (Fsp3) is 0.312. The van der Waals surface area contributed by atoms with Gasteiger partial charge in [-0.3, -0.25) is 15.0 Å². The molecule has 1 aliphatic rings. The summed E-state index contributed by atoms with van der Waals surface area (Å²) in [7, 11) is -4.06. The van der Waals surface area contributed by atoms with Gasteiger partial charge in [0.2, 0.25) is 10.0 Å². The number of para-hydroxylation sites is 1. The van der Waals surface area contributed by atoms with Gasteiger partial charge in [-0.15, -0.1) is 0 Å². The molecule has 0 aliphatic carbocycles. The summed E-state index contributed by atoms with van der Waals surface area (Å²) < 4.78 is 64.6. The number of hydrogen-bond acceptors (Lipinski definition) is 5. The van der Waals surface area contributed by atoms with E-state index in [1.54, 1.807) is 4.90 Å². The van der Waals surface area contributed by atoms with E-state index >= 15 is 0 Å². The fourth-order valence-electron chi connectivity index (χ4n) is 2.92. The van der Waals surface area contributed by atoms with Gasteiger partial charge in [0.25, 0.3) is 11.5 Å². The number of nitro groups is 1. The second-order valence-corrected chi connectivity index (χ2v) is 7.98. The average Bonchev–Trinajstić information content (AvgIpc) is 2.67. The zero-order valence-electron chi connectivity index (χ0n) is 14.4. The predicted octanol–water partition coefficient (Wildman–Crippen LogP) is 1.94. The van der Waals surface area contributed by atoms with Crippen molar-refractivity contribution in [3.63, 3.8) is 0 Å². The van der Waals surface area contributed by atoms with E-state index in [0.29, 0.717) is 5.82 Å². The van der Waals surface area contributed by atoms with Crippen LogP contribution in [0, 0.1) is 10.1 Å². The van der Waals surface area contributed by atoms with Crippen molar-refractivity contribution in [2.75, 3.05) is 31.1 Å². The average molecular weight is 417 g/mol. The zero-order chi connectivity index (χ0) is 20.5. The van der Waals surface area contributed by atoms with Crippen LogP contribution in [0.5, 0.6) is 0 Å². The molecule has 0 unspecified atom stereocenters. The summed E-state index contributed by atoms with van der Waals surface area (Å²) in [5, 5.41) is 11.1. The summed E-state index contributed by atoms with van der Waals surface area (Å²) in [5.41, 5.74) is -1.31. The number of sulfonamides is 1. The number of nitro benzene ring substituents is 1. The number of alkyl halides is 3. The van der Waals surface area contributed by atoms with Crippen molar-refractivity contribution in [1.82, 2.24) is 4.31 Å². The molecule has 0 bridgehead atoms. The zero-order valence-corrected chi connectivity index (χ0v) is 15.2. The van der Waals surface area contributed by atoms with Crippen LogP contribution in [-0.2, 0) is 16.2 Å². The van der Waals surface area contributed by atoms with E-state index in [1.807, 2.05) is 0 Å². The minimum atomic E-state index is -4.45. The third-order valence-corrected chi connectivity index (χ3v) is 6.33. The van der Waals surface area contributed by atoms with Crippen LogP contribution in [0.15, 0.2) is 47.5 Å². The van der Waals surface area contributed by atoms with Crippen molar-refractivity contribution < 1.29 is 31.5 Å². The number of hydrogen-bond donors (Lipinski definition) is 0. The summed E-state index contributed by atoms with van der Waals surface area (Å²) in [4.78, 5) is 14.3. The molecule has 1 aliphatic heterocycles. The molecule has 150 valence electrons. The quantitative estimate of drug-likeness (QED) is 0.559. The number of rotatable bonds is 4. The highest BCUT2D eigenvalue weighted by Crippen LogP contribution is 2.29. The molecule has 0 atom stereocenters. The Kier molecular flexibility index (Phi) is 5.26. The fourth-order valence-corrected chi connectivity index (χ4v) is 4.50. The van der Waals surface area contributed by atoms with E-state index in [0.717, 1.165) is 22.6 Å². The summed E-state index contributed by atoms with van der Waals surface area (Å²) >= 11 is 0. The lowest BCUT2D eigenvalue weighted by Crippen LogP contribution is -2.50. The molecule has 0 radical (unpaired) electrons. The first-order valence-electron chi connectivity index (χ1n) is 8.18. The molecule has 1 N–H and O–H groups in total. The molecule has 1 aromatic carbocycles. The maximum Gasteiger partial charge on any atom is 0.419 e. The number of nitrogens with one attached hydrogen (secondary N) is 1. The molecule has 1 fully saturated rings. The molecule has 3 rings (SSSR count). The number of H-pyrrole nitrogens is 1. The molecule has 1 aromatic heterocycles. The highest BCUT2D eigenvalue weighted by atomic mass is 32.2. The predicted molar refractivity (Wildman–Crippen MR) is 92.1 cm³/mol. The lowest BCUT2D eigenvalue weighted by Gasteiger charge is -2.30. The molecule has 0 spiro atoms. The van der Waals surface area contributed by atoms with Crippen molar-refractivity contribution in [2.45, 2.75) is 11.1 Å². The Morgan fingerprint density at radius 2 is 1.68 bits per heavy atom. The molecular weight excluding hydrogens is 401 g/mol. The molecule has 2 aromatic rings. The van der Waals surface area contributed by atoms with Gasteiger partial charge in [0.15, 0.2) is 4.90 Å². The topological polar surface area (TPSA) is 97.9 Å². The molecule has 0 amide bonds. The van der Waals surface area contributed by atoms with Crippen molar-refractivity contribution in [2.24, 2.45) is 0 Å². The Morgan fingerprint density at radius 1 is 1.04 bits per heavy atom. The first-order chi connectivity index (χ1) is 13.1. The van der Waals surface area contributed by atoms with Crippen LogP contribution in [-0.4, -0.2) is 43.8 Å². The Labute approximate surface area is 158 Å². The minimum Gasteiger partial charge on any atom is -0.259 e. The first-order valence-corrected chi connectivity index (χ1v) is 9.62. The van der Waals surface area contributed by atoms with Crippen LogP contribution < -0.4 is 9.88 Å². The summed E-state index contributed by atoms with van der Waals surface area (Å²) in [6.45, 7) is 0.538. The number of benzene rings is 1. The van der Waals surface area contributed by atoms with E-state index < -0.39 is 32.4 Å². The maximum absolute atomic E-state index is 12.8. The number of aromatic nitrogens is 1. The van der Waals surface area contributed by atoms with Gasteiger partial charge in [0, 0.05) is 12.1 Å². The molecule has 8 nitrogen and oxygen atoms in total. The van der Waals surface area contributed by atoms with E-state index in [2.05, 4.69) is 4.98 Å². The largest absolute Gasteiger partial charge is 0.419 e. The van der Waals surface area contributed by atoms with Crippen LogP contribution in [0.4, 0.5) is 24.7 Å². The number of piperazine rings is 1. The highest BCUT2D eigenvalue weighted by molar-refractivity contribution is 7.89. The highest BCUT2D eigenvalue weighted by Gasteiger charge is 2.36. The summed E-state index contributed by atoms with van der Waals surface area (Å²) in [5.74, 6) is 0.427. The van der Waals surface area contributed by atoms with E-state index in [1.165, 1.54) is 24.3 Å². The minimum absolute atomic E-state index is 0.0449. The van der Waals surface area contributed by atoms with Gasteiger partial charge < -0.3 is 0 Å². The third kappa shape index (κ3) is 3.92. The summed E-state index contributed by atoms with van der Waals surface area (Å²) in [6.07, 6.45) is -3.60. The van der Waals surface area contributed by atoms with Gasteiger partial charge in [-0.1, -0.05) is 12.1 Å². The second kappa shape index (κ2) is 7.36. The van der Waals surface area contributed by atoms with Gasteiger partial charge in [-0.25, -0.2) is 13.4 Å². The van der Waals surface area contributed by atoms with Crippen LogP contribution >= 0.6 is 0 Å². The Bertz CT molecular complexity index is 972. The van der Waals surface area contributed by atoms with Crippen LogP contribution in [0.1, 0.15) is 5.56 Å². The number of pyridine rings is 1. The first kappa shape index (κ1) is 20.0. The van der Waals surface area contributed by atoms with Crippen LogP contribution in [0.3, 0.4) is 0 Å². The lowest BCUT2D eigenvalue weighted by atomic mass is 10.2. The van der Waals surface area contributed by atoms with Crippen molar-refractivity contribution >= 4 is 21.5 Å². The Hall–Kier alpha value is -2.73. The third-order valence-electron chi connectivity index (χ3n) is 4.38. The van der Waals surface area contributed by atoms with E-state index in [-0.39, 0.29) is 31.1 Å². The lowest BCUT2D eigenvalue weighted by molar-refractivity contribution is -0.387. The van der Waals surface area contributed by atoms with Gasteiger partial charge in [0.1, 0.15) is 6.20 Å². The Balaban J connectivity index is 1.74. The number of halogens is 3. The second-order valence-electron chi connectivity index (χ2n) is 6.08. The molecule has 1 saturated heterocycles. The van der Waals surface area contributed by atoms with Crippen molar-refractivity contribution in [3.05, 3.63) is 58.3 Å². The monoisotopic (exact) mass is 417 g/mol. The van der Waals surface area contributed by atoms with Gasteiger partial charge in [-0.05, 0) is 12.1 Å². The molecule has 0 saturated carbocycles. The van der Waals surface area contributed by atoms with Crippen LogP contribution in [0.2, 0.25) is 0 Å². The molecule has 2 heterocycles. The Morgan fingerprint density at radius 3 is 2.21 bits per heavy atom. The van der Waals surface area contributed by atoms with Gasteiger partial charge in [-0.2, -0.15) is 17.5 Å². The summed E-state index contributed by atoms with van der Waals surface area (Å²) in [6, 6.07) is 7.34. The molecule has 12 heteroatoms. The smallest absolute Gasteiger partial charge is 0.259 e. The molecular formula is C16H16F3N4O4S+. The number of nitrogens with zero attached hydrogens (tertiary/aromatic N) is 3. The maximum atomic E-state index is 12.8.